The molecule has 13 heteroatoms. The Bertz CT molecular complexity index is 1470. The van der Waals surface area contributed by atoms with Gasteiger partial charge in [-0.15, -0.1) is 11.3 Å². The number of carboxylic acid groups (broad SMARTS) is 1. The lowest BCUT2D eigenvalue weighted by atomic mass is 9.73. The number of carboxylic acids is 1. The number of halogens is 3. The number of likely N-dealkylation sites (tertiary alicyclic amines) is 2. The summed E-state index contributed by atoms with van der Waals surface area (Å²) in [4.78, 5) is 37.6. The summed E-state index contributed by atoms with van der Waals surface area (Å²) in [7, 11) is 0. The van der Waals surface area contributed by atoms with E-state index in [1.54, 1.807) is 47.4 Å². The van der Waals surface area contributed by atoms with E-state index < -0.39 is 54.3 Å². The number of aromatic nitrogens is 1. The molecule has 1 aliphatic carbocycles. The molecular weight excluding hydrogens is 583 g/mol. The van der Waals surface area contributed by atoms with E-state index in [0.29, 0.717) is 53.6 Å². The molecular formula is C30H34F3N5O4S. The van der Waals surface area contributed by atoms with Crippen LogP contribution in [0, 0.1) is 24.6 Å². The standard InChI is InChI=1S/C30H34F3N5O4S/c1-3-42-29(41)23-21(35-26(27-34-10-12-43-27)36-24(23)18-5-4-6-20(31)16(18)2)14-38-15-30(32,33)25-22(38)9-11-37(25)13-17-7-8-19(17)28(39)40/h4-6,10,12,17,19,22,24-25H,3,7-9,11,13-15H2,1-2H3,(H,35,36)(H,39,40)/t17-,19-,22-,24-,25+/m0/s1. The zero-order chi connectivity index (χ0) is 30.5. The lowest BCUT2D eigenvalue weighted by Crippen LogP contribution is -2.49. The number of aliphatic imine (C=N–C) groups is 1. The summed E-state index contributed by atoms with van der Waals surface area (Å²) >= 11 is 1.33. The summed E-state index contributed by atoms with van der Waals surface area (Å²) in [6, 6.07) is 2.11. The average molecular weight is 618 g/mol. The summed E-state index contributed by atoms with van der Waals surface area (Å²) in [6.07, 6.45) is 3.41. The smallest absolute Gasteiger partial charge is 0.338 e. The lowest BCUT2D eigenvalue weighted by molar-refractivity contribution is -0.148. The highest BCUT2D eigenvalue weighted by atomic mass is 32.1. The normalized spacial score (nSPS) is 28.7. The molecule has 230 valence electrons. The fourth-order valence-corrected chi connectivity index (χ4v) is 7.60. The molecule has 4 heterocycles. The van der Waals surface area contributed by atoms with Crippen molar-refractivity contribution in [3.63, 3.8) is 0 Å². The number of ether oxygens (including phenoxy) is 1. The third-order valence-electron chi connectivity index (χ3n) is 9.21. The second-order valence-corrected chi connectivity index (χ2v) is 12.5. The van der Waals surface area contributed by atoms with Gasteiger partial charge in [-0.25, -0.2) is 22.9 Å². The Kier molecular flexibility index (Phi) is 8.07. The van der Waals surface area contributed by atoms with Gasteiger partial charge in [0, 0.05) is 43.0 Å². The van der Waals surface area contributed by atoms with Crippen LogP contribution < -0.4 is 5.32 Å². The third kappa shape index (κ3) is 5.46. The molecule has 4 aliphatic rings. The van der Waals surface area contributed by atoms with Gasteiger partial charge in [0.15, 0.2) is 10.8 Å². The maximum Gasteiger partial charge on any atom is 0.338 e. The molecule has 0 radical (unpaired) electrons. The van der Waals surface area contributed by atoms with Gasteiger partial charge in [-0.3, -0.25) is 19.6 Å². The van der Waals surface area contributed by atoms with Crippen molar-refractivity contribution in [1.82, 2.24) is 20.1 Å². The number of carbonyl (C=O) groups excluding carboxylic acids is 1. The molecule has 0 bridgehead atoms. The van der Waals surface area contributed by atoms with Crippen LogP contribution in [-0.4, -0.2) is 88.5 Å². The monoisotopic (exact) mass is 617 g/mol. The summed E-state index contributed by atoms with van der Waals surface area (Å²) in [5.41, 5.74) is 1.32. The summed E-state index contributed by atoms with van der Waals surface area (Å²) in [5.74, 6) is -5.25. The lowest BCUT2D eigenvalue weighted by Gasteiger charge is -2.38. The number of carbonyl (C=O) groups is 2. The molecule has 3 aliphatic heterocycles. The van der Waals surface area contributed by atoms with Gasteiger partial charge in [0.2, 0.25) is 0 Å². The molecule has 1 aromatic heterocycles. The molecule has 0 unspecified atom stereocenters. The Hall–Kier alpha value is -3.29. The first-order valence-electron chi connectivity index (χ1n) is 14.6. The fourth-order valence-electron chi connectivity index (χ4n) is 7.01. The van der Waals surface area contributed by atoms with Crippen molar-refractivity contribution in [2.24, 2.45) is 16.8 Å². The highest BCUT2D eigenvalue weighted by Crippen LogP contribution is 2.45. The molecule has 1 aromatic carbocycles. The predicted octanol–water partition coefficient (Wildman–Crippen LogP) is 4.00. The van der Waals surface area contributed by atoms with Gasteiger partial charge in [0.1, 0.15) is 11.9 Å². The molecule has 3 fully saturated rings. The van der Waals surface area contributed by atoms with E-state index in [4.69, 9.17) is 9.73 Å². The van der Waals surface area contributed by atoms with Gasteiger partial charge in [-0.2, -0.15) is 0 Å². The average Bonchev–Trinajstić information content (AvgIpc) is 3.67. The Balaban J connectivity index is 1.35. The largest absolute Gasteiger partial charge is 0.481 e. The van der Waals surface area contributed by atoms with Crippen LogP contribution in [0.4, 0.5) is 13.2 Å². The molecule has 6 rings (SSSR count). The van der Waals surface area contributed by atoms with Crippen molar-refractivity contribution in [3.8, 4) is 0 Å². The summed E-state index contributed by atoms with van der Waals surface area (Å²) < 4.78 is 51.5. The summed E-state index contributed by atoms with van der Waals surface area (Å²) in [5, 5.41) is 15.0. The van der Waals surface area contributed by atoms with Crippen LogP contribution in [0.15, 0.2) is 46.0 Å². The summed E-state index contributed by atoms with van der Waals surface area (Å²) in [6.45, 7) is 3.64. The number of esters is 1. The molecule has 0 spiro atoms. The Morgan fingerprint density at radius 2 is 2.05 bits per heavy atom. The van der Waals surface area contributed by atoms with Crippen LogP contribution in [0.1, 0.15) is 48.4 Å². The predicted molar refractivity (Wildman–Crippen MR) is 153 cm³/mol. The van der Waals surface area contributed by atoms with E-state index in [1.165, 1.54) is 17.4 Å². The number of aliphatic carboxylic acids is 1. The van der Waals surface area contributed by atoms with Gasteiger partial charge in [0.05, 0.1) is 30.7 Å². The number of nitrogens with one attached hydrogen (secondary N) is 1. The number of rotatable bonds is 9. The Morgan fingerprint density at radius 1 is 1.23 bits per heavy atom. The topological polar surface area (TPSA) is 107 Å². The maximum atomic E-state index is 15.7. The van der Waals surface area contributed by atoms with Crippen molar-refractivity contribution in [2.75, 3.05) is 32.8 Å². The second kappa shape index (κ2) is 11.7. The van der Waals surface area contributed by atoms with E-state index in [9.17, 15) is 19.1 Å². The minimum absolute atomic E-state index is 0.00478. The van der Waals surface area contributed by atoms with E-state index >= 15 is 8.78 Å². The number of benzene rings is 1. The fraction of sp³-hybridized carbons (Fsp3) is 0.533. The molecule has 0 amide bonds. The first-order valence-corrected chi connectivity index (χ1v) is 15.5. The van der Waals surface area contributed by atoms with Crippen molar-refractivity contribution < 1.29 is 32.6 Å². The molecule has 9 nitrogen and oxygen atoms in total. The van der Waals surface area contributed by atoms with E-state index in [0.717, 1.165) is 6.42 Å². The first kappa shape index (κ1) is 29.8. The molecule has 1 saturated carbocycles. The van der Waals surface area contributed by atoms with Gasteiger partial charge >= 0.3 is 11.9 Å². The van der Waals surface area contributed by atoms with Gasteiger partial charge in [-0.1, -0.05) is 12.1 Å². The van der Waals surface area contributed by atoms with Crippen LogP contribution in [0.2, 0.25) is 0 Å². The van der Waals surface area contributed by atoms with Gasteiger partial charge in [-0.05, 0) is 56.2 Å². The van der Waals surface area contributed by atoms with Crippen molar-refractivity contribution in [2.45, 2.75) is 57.2 Å². The molecule has 2 N–H and O–H groups in total. The zero-order valence-corrected chi connectivity index (χ0v) is 24.7. The quantitative estimate of drug-likeness (QED) is 0.407. The van der Waals surface area contributed by atoms with Crippen LogP contribution in [0.25, 0.3) is 0 Å². The third-order valence-corrected chi connectivity index (χ3v) is 9.99. The molecule has 5 atom stereocenters. The number of hydrogen-bond acceptors (Lipinski definition) is 9. The molecule has 2 aromatic rings. The van der Waals surface area contributed by atoms with Crippen LogP contribution >= 0.6 is 11.3 Å². The van der Waals surface area contributed by atoms with Crippen LogP contribution in [0.5, 0.6) is 0 Å². The van der Waals surface area contributed by atoms with Crippen LogP contribution in [-0.2, 0) is 14.3 Å². The second-order valence-electron chi connectivity index (χ2n) is 11.7. The minimum Gasteiger partial charge on any atom is -0.481 e. The highest BCUT2D eigenvalue weighted by molar-refractivity contribution is 7.11. The van der Waals surface area contributed by atoms with E-state index in [2.05, 4.69) is 10.3 Å². The maximum absolute atomic E-state index is 15.7. The van der Waals surface area contributed by atoms with Crippen molar-refractivity contribution in [3.05, 3.63) is 63.0 Å². The zero-order valence-electron chi connectivity index (χ0n) is 23.9. The molecule has 43 heavy (non-hydrogen) atoms. The Labute approximate surface area is 251 Å². The van der Waals surface area contributed by atoms with Gasteiger partial charge < -0.3 is 15.2 Å². The number of nitrogens with zero attached hydrogens (tertiary/aromatic N) is 4. The van der Waals surface area contributed by atoms with Crippen molar-refractivity contribution in [1.29, 1.82) is 0 Å². The molecule has 2 saturated heterocycles. The minimum atomic E-state index is -3.03. The van der Waals surface area contributed by atoms with E-state index in [-0.39, 0.29) is 24.6 Å². The number of fused-ring (bicyclic) bond motifs is 1. The number of amidine groups is 1. The number of thiazole rings is 1. The highest BCUT2D eigenvalue weighted by Gasteiger charge is 2.60. The SMILES string of the molecule is CCOC(=O)C1=C(CN2CC(F)(F)[C@H]3[C@@H]2CCN3C[C@@H]2CC[C@@H]2C(=O)O)NC(c2nccs2)=N[C@H]1c1cccc(F)c1C. The number of hydrogen-bond donors (Lipinski definition) is 2. The van der Waals surface area contributed by atoms with Crippen molar-refractivity contribution >= 4 is 29.1 Å². The Morgan fingerprint density at radius 3 is 2.72 bits per heavy atom. The number of alkyl halides is 2. The first-order chi connectivity index (χ1) is 20.6. The van der Waals surface area contributed by atoms with Gasteiger partial charge in [0.25, 0.3) is 5.92 Å². The van der Waals surface area contributed by atoms with Crippen LogP contribution in [0.3, 0.4) is 0 Å². The van der Waals surface area contributed by atoms with E-state index in [1.807, 2.05) is 0 Å².